The van der Waals surface area contributed by atoms with Crippen molar-refractivity contribution in [3.05, 3.63) is 23.5 Å². The molecular weight excluding hydrogens is 304 g/mol. The fourth-order valence-corrected chi connectivity index (χ4v) is 4.08. The normalized spacial score (nSPS) is 20.0. The molecule has 20 heavy (non-hydrogen) atoms. The second-order valence-electron chi connectivity index (χ2n) is 4.34. The molecule has 1 aliphatic rings. The lowest BCUT2D eigenvalue weighted by Crippen LogP contribution is -2.41. The van der Waals surface area contributed by atoms with Gasteiger partial charge in [-0.05, 0) is 31.9 Å². The van der Waals surface area contributed by atoms with Crippen molar-refractivity contribution in [1.29, 1.82) is 0 Å². The average Bonchev–Trinajstić information content (AvgIpc) is 2.89. The Morgan fingerprint density at radius 1 is 1.60 bits per heavy atom. The van der Waals surface area contributed by atoms with Crippen LogP contribution in [0, 0.1) is 0 Å². The van der Waals surface area contributed by atoms with Crippen LogP contribution in [-0.4, -0.2) is 42.9 Å². The van der Waals surface area contributed by atoms with Crippen LogP contribution in [0.15, 0.2) is 23.2 Å². The molecule has 1 aromatic rings. The van der Waals surface area contributed by atoms with Gasteiger partial charge in [-0.1, -0.05) is 11.6 Å². The highest BCUT2D eigenvalue weighted by Gasteiger charge is 2.40. The molecule has 1 unspecified atom stereocenters. The molecule has 110 valence electrons. The summed E-state index contributed by atoms with van der Waals surface area (Å²) in [5, 5.41) is 0.0953. The second-order valence-corrected chi connectivity index (χ2v) is 6.62. The van der Waals surface area contributed by atoms with Gasteiger partial charge in [-0.2, -0.15) is 4.31 Å². The molecule has 1 saturated heterocycles. The highest BCUT2D eigenvalue weighted by Crippen LogP contribution is 2.27. The zero-order valence-corrected chi connectivity index (χ0v) is 12.5. The lowest BCUT2D eigenvalue weighted by atomic mass is 10.2. The summed E-state index contributed by atoms with van der Waals surface area (Å²) >= 11 is 5.72. The number of sulfonamides is 1. The Labute approximate surface area is 122 Å². The van der Waals surface area contributed by atoms with Crippen LogP contribution in [0.1, 0.15) is 19.8 Å². The third-order valence-electron chi connectivity index (χ3n) is 3.07. The van der Waals surface area contributed by atoms with E-state index in [1.54, 1.807) is 6.92 Å². The topological polar surface area (TPSA) is 76.6 Å². The van der Waals surface area contributed by atoms with Gasteiger partial charge in [-0.3, -0.25) is 4.79 Å². The molecule has 0 aliphatic carbocycles. The summed E-state index contributed by atoms with van der Waals surface area (Å²) in [7, 11) is -3.77. The van der Waals surface area contributed by atoms with Crippen LogP contribution < -0.4 is 0 Å². The first-order valence-electron chi connectivity index (χ1n) is 6.27. The van der Waals surface area contributed by atoms with E-state index >= 15 is 0 Å². The predicted molar refractivity (Wildman–Crippen MR) is 72.8 cm³/mol. The van der Waals surface area contributed by atoms with Gasteiger partial charge in [0.1, 0.15) is 11.2 Å². The molecule has 1 aliphatic heterocycles. The largest absolute Gasteiger partial charge is 0.465 e. The van der Waals surface area contributed by atoms with Crippen LogP contribution in [-0.2, 0) is 19.6 Å². The van der Waals surface area contributed by atoms with Gasteiger partial charge >= 0.3 is 5.97 Å². The lowest BCUT2D eigenvalue weighted by Gasteiger charge is -2.22. The SMILES string of the molecule is CCOC(=O)C1CCCN1S(=O)(=O)c1ccnc(Cl)c1. The first-order valence-corrected chi connectivity index (χ1v) is 8.08. The van der Waals surface area contributed by atoms with Crippen LogP contribution in [0.25, 0.3) is 0 Å². The maximum Gasteiger partial charge on any atom is 0.324 e. The zero-order chi connectivity index (χ0) is 14.8. The number of carbonyl (C=O) groups is 1. The van der Waals surface area contributed by atoms with E-state index in [0.29, 0.717) is 19.4 Å². The van der Waals surface area contributed by atoms with Crippen molar-refractivity contribution in [2.24, 2.45) is 0 Å². The van der Waals surface area contributed by atoms with Crippen LogP contribution in [0.5, 0.6) is 0 Å². The summed E-state index contributed by atoms with van der Waals surface area (Å²) in [6, 6.07) is 1.88. The number of ether oxygens (including phenoxy) is 1. The quantitative estimate of drug-likeness (QED) is 0.620. The summed E-state index contributed by atoms with van der Waals surface area (Å²) in [4.78, 5) is 15.6. The Morgan fingerprint density at radius 3 is 3.00 bits per heavy atom. The van der Waals surface area contributed by atoms with E-state index in [0.717, 1.165) is 0 Å². The smallest absolute Gasteiger partial charge is 0.324 e. The van der Waals surface area contributed by atoms with E-state index in [1.807, 2.05) is 0 Å². The number of aromatic nitrogens is 1. The van der Waals surface area contributed by atoms with Gasteiger partial charge in [0, 0.05) is 12.7 Å². The molecule has 2 heterocycles. The van der Waals surface area contributed by atoms with Crippen molar-refractivity contribution < 1.29 is 17.9 Å². The fourth-order valence-electron chi connectivity index (χ4n) is 2.18. The third-order valence-corrected chi connectivity index (χ3v) is 5.18. The summed E-state index contributed by atoms with van der Waals surface area (Å²) in [5.41, 5.74) is 0. The van der Waals surface area contributed by atoms with Crippen LogP contribution in [0.4, 0.5) is 0 Å². The van der Waals surface area contributed by atoms with Gasteiger partial charge in [0.2, 0.25) is 10.0 Å². The van der Waals surface area contributed by atoms with E-state index in [9.17, 15) is 13.2 Å². The number of pyridine rings is 1. The molecule has 1 fully saturated rings. The molecular formula is C12H15ClN2O4S. The third kappa shape index (κ3) is 2.94. The minimum Gasteiger partial charge on any atom is -0.465 e. The number of halogens is 1. The minimum absolute atomic E-state index is 0.0358. The minimum atomic E-state index is -3.77. The van der Waals surface area contributed by atoms with E-state index in [1.165, 1.54) is 22.6 Å². The maximum atomic E-state index is 12.5. The van der Waals surface area contributed by atoms with Gasteiger partial charge in [-0.25, -0.2) is 13.4 Å². The molecule has 0 spiro atoms. The predicted octanol–water partition coefficient (Wildman–Crippen LogP) is 1.45. The second kappa shape index (κ2) is 6.07. The number of hydrogen-bond acceptors (Lipinski definition) is 5. The molecule has 0 bridgehead atoms. The van der Waals surface area contributed by atoms with Gasteiger partial charge in [0.05, 0.1) is 11.5 Å². The lowest BCUT2D eigenvalue weighted by molar-refractivity contribution is -0.146. The van der Waals surface area contributed by atoms with Gasteiger partial charge < -0.3 is 4.74 Å². The van der Waals surface area contributed by atoms with Crippen molar-refractivity contribution in [3.8, 4) is 0 Å². The number of rotatable bonds is 4. The summed E-state index contributed by atoms with van der Waals surface area (Å²) in [6.07, 6.45) is 2.42. The maximum absolute atomic E-state index is 12.5. The zero-order valence-electron chi connectivity index (χ0n) is 11.0. The van der Waals surface area contributed by atoms with Crippen LogP contribution in [0.3, 0.4) is 0 Å². The van der Waals surface area contributed by atoms with E-state index in [2.05, 4.69) is 4.98 Å². The Hall–Kier alpha value is -1.18. The molecule has 0 N–H and O–H groups in total. The molecule has 2 rings (SSSR count). The molecule has 6 nitrogen and oxygen atoms in total. The summed E-state index contributed by atoms with van der Waals surface area (Å²) in [6.45, 7) is 2.21. The van der Waals surface area contributed by atoms with Gasteiger partial charge in [0.15, 0.2) is 0 Å². The standard InChI is InChI=1S/C12H15ClN2O4S/c1-2-19-12(16)10-4-3-7-15(10)20(17,18)9-5-6-14-11(13)8-9/h5-6,8,10H,2-4,7H2,1H3. The summed E-state index contributed by atoms with van der Waals surface area (Å²) < 4.78 is 31.2. The Kier molecular flexibility index (Phi) is 4.62. The Morgan fingerprint density at radius 2 is 2.35 bits per heavy atom. The molecule has 0 aromatic carbocycles. The van der Waals surface area contributed by atoms with Crippen molar-refractivity contribution >= 4 is 27.6 Å². The highest BCUT2D eigenvalue weighted by molar-refractivity contribution is 7.89. The van der Waals surface area contributed by atoms with Crippen molar-refractivity contribution in [1.82, 2.24) is 9.29 Å². The molecule has 0 saturated carbocycles. The molecule has 8 heteroatoms. The fraction of sp³-hybridized carbons (Fsp3) is 0.500. The Bertz CT molecular complexity index is 605. The highest BCUT2D eigenvalue weighted by atomic mass is 35.5. The van der Waals surface area contributed by atoms with Crippen LogP contribution >= 0.6 is 11.6 Å². The first kappa shape index (κ1) is 15.2. The Balaban J connectivity index is 2.31. The van der Waals surface area contributed by atoms with Gasteiger partial charge in [-0.15, -0.1) is 0 Å². The van der Waals surface area contributed by atoms with Crippen molar-refractivity contribution in [3.63, 3.8) is 0 Å². The van der Waals surface area contributed by atoms with E-state index in [4.69, 9.17) is 16.3 Å². The van der Waals surface area contributed by atoms with Crippen molar-refractivity contribution in [2.75, 3.05) is 13.2 Å². The molecule has 0 amide bonds. The average molecular weight is 319 g/mol. The van der Waals surface area contributed by atoms with E-state index < -0.39 is 22.0 Å². The molecule has 1 aromatic heterocycles. The number of carbonyl (C=O) groups excluding carboxylic acids is 1. The van der Waals surface area contributed by atoms with E-state index in [-0.39, 0.29) is 16.7 Å². The first-order chi connectivity index (χ1) is 9.46. The van der Waals surface area contributed by atoms with Crippen LogP contribution in [0.2, 0.25) is 5.15 Å². The number of hydrogen-bond donors (Lipinski definition) is 0. The monoisotopic (exact) mass is 318 g/mol. The molecule has 1 atom stereocenters. The number of esters is 1. The van der Waals surface area contributed by atoms with Gasteiger partial charge in [0.25, 0.3) is 0 Å². The number of nitrogens with zero attached hydrogens (tertiary/aromatic N) is 2. The molecule has 0 radical (unpaired) electrons. The summed E-state index contributed by atoms with van der Waals surface area (Å²) in [5.74, 6) is -0.506. The van der Waals surface area contributed by atoms with Crippen molar-refractivity contribution in [2.45, 2.75) is 30.7 Å².